The van der Waals surface area contributed by atoms with E-state index in [1.807, 2.05) is 0 Å². The molecule has 31 heavy (non-hydrogen) atoms. The van der Waals surface area contributed by atoms with Crippen LogP contribution in [0.5, 0.6) is 0 Å². The molecule has 3 aliphatic rings. The second kappa shape index (κ2) is 6.17. The molecule has 1 aromatic carbocycles. The van der Waals surface area contributed by atoms with Crippen LogP contribution in [0.25, 0.3) is 0 Å². The molecular weight excluding hydrogens is 458 g/mol. The average Bonchev–Trinajstić information content (AvgIpc) is 3.29. The summed E-state index contributed by atoms with van der Waals surface area (Å²) in [5, 5.41) is 6.57. The molecule has 166 valence electrons. The smallest absolute Gasteiger partial charge is 0.267 e. The number of amides is 3. The molecule has 0 N–H and O–H groups in total. The maximum absolute atomic E-state index is 13.3. The van der Waals surface area contributed by atoms with E-state index in [1.54, 1.807) is 0 Å². The molecule has 3 fully saturated rings. The number of halogens is 6. The van der Waals surface area contributed by atoms with Gasteiger partial charge in [-0.2, -0.15) is 41.0 Å². The minimum absolute atomic E-state index is 0.215. The summed E-state index contributed by atoms with van der Waals surface area (Å²) in [6.07, 6.45) is -5.01. The van der Waals surface area contributed by atoms with E-state index in [1.165, 1.54) is 11.0 Å². The third kappa shape index (κ3) is 2.71. The molecule has 1 spiro atoms. The number of sulfone groups is 1. The van der Waals surface area contributed by atoms with Crippen molar-refractivity contribution in [1.29, 1.82) is 5.26 Å². The lowest BCUT2D eigenvalue weighted by molar-refractivity contribution is -0.848. The fourth-order valence-electron chi connectivity index (χ4n) is 4.43. The number of quaternary nitrogens is 1. The highest BCUT2D eigenvalue weighted by Crippen LogP contribution is 2.48. The van der Waals surface area contributed by atoms with Gasteiger partial charge in [-0.15, -0.1) is 0 Å². The Kier molecular flexibility index (Phi) is 4.29. The van der Waals surface area contributed by atoms with Crippen LogP contribution in [0, 0.1) is 11.3 Å². The summed E-state index contributed by atoms with van der Waals surface area (Å²) in [7, 11) is -5.87. The number of benzene rings is 1. The standard InChI is InChI=1S/C16H11F6N4O4S/c17-15(18,19)10-3-9(2-1-8(10)4-23)25-13(27)11-5-24-6-12(26(11,7-24)14(25)28)31(29,30)16(20,21)22/h1-3,11-12H,5-7H2/q+1. The number of nitrogens with zero attached hydrogens (tertiary/aromatic N) is 4. The van der Waals surface area contributed by atoms with Crippen LogP contribution >= 0.6 is 0 Å². The monoisotopic (exact) mass is 469 g/mol. The molecule has 2 bridgehead atoms. The van der Waals surface area contributed by atoms with Gasteiger partial charge < -0.3 is 0 Å². The molecule has 0 aliphatic carbocycles. The van der Waals surface area contributed by atoms with Gasteiger partial charge in [-0.3, -0.25) is 4.79 Å². The number of carbonyl (C=O) groups is 2. The van der Waals surface area contributed by atoms with Crippen LogP contribution in [0.4, 0.5) is 36.8 Å². The van der Waals surface area contributed by atoms with E-state index in [4.69, 9.17) is 5.26 Å². The molecule has 1 aromatic rings. The molecule has 4 unspecified atom stereocenters. The van der Waals surface area contributed by atoms with Crippen LogP contribution in [0.2, 0.25) is 0 Å². The van der Waals surface area contributed by atoms with Crippen molar-refractivity contribution >= 4 is 27.5 Å². The van der Waals surface area contributed by atoms with Gasteiger partial charge in [0.2, 0.25) is 5.37 Å². The van der Waals surface area contributed by atoms with Gasteiger partial charge in [-0.25, -0.2) is 18.1 Å². The lowest BCUT2D eigenvalue weighted by atomic mass is 10.1. The highest BCUT2D eigenvalue weighted by atomic mass is 32.2. The summed E-state index contributed by atoms with van der Waals surface area (Å²) in [6.45, 7) is -1.35. The Balaban J connectivity index is 1.83. The molecular formula is C16H11F6N4O4S+. The van der Waals surface area contributed by atoms with Crippen LogP contribution in [-0.4, -0.2) is 66.4 Å². The SMILES string of the molecule is N#Cc1ccc(N2C(=O)C3CN4CC(S(=O)(=O)C(F)(F)F)[N+]3(C4)C2=O)cc1C(F)(F)F. The first-order valence-corrected chi connectivity index (χ1v) is 10.1. The number of fused-ring (bicyclic) bond motifs is 1. The van der Waals surface area contributed by atoms with Crippen molar-refractivity contribution in [3.8, 4) is 6.07 Å². The maximum atomic E-state index is 13.3. The van der Waals surface area contributed by atoms with Gasteiger partial charge in [0.1, 0.15) is 6.67 Å². The third-order valence-electron chi connectivity index (χ3n) is 5.77. The predicted octanol–water partition coefficient (Wildman–Crippen LogP) is 1.78. The molecule has 4 atom stereocenters. The number of hydrogen-bond donors (Lipinski definition) is 0. The van der Waals surface area contributed by atoms with Crippen molar-refractivity contribution < 1.29 is 48.8 Å². The highest BCUT2D eigenvalue weighted by molar-refractivity contribution is 7.92. The van der Waals surface area contributed by atoms with Crippen molar-refractivity contribution in [2.75, 3.05) is 24.7 Å². The zero-order valence-corrected chi connectivity index (χ0v) is 15.9. The Bertz CT molecular complexity index is 1160. The van der Waals surface area contributed by atoms with Crippen LogP contribution in [0.3, 0.4) is 0 Å². The first-order valence-electron chi connectivity index (χ1n) is 8.56. The molecule has 3 saturated heterocycles. The Hall–Kier alpha value is -2.70. The molecule has 15 heteroatoms. The summed E-state index contributed by atoms with van der Waals surface area (Å²) in [5.41, 5.74) is -8.52. The lowest BCUT2D eigenvalue weighted by Crippen LogP contribution is -2.64. The summed E-state index contributed by atoms with van der Waals surface area (Å²) < 4.78 is 102. The minimum Gasteiger partial charge on any atom is -0.267 e. The van der Waals surface area contributed by atoms with E-state index in [9.17, 15) is 44.3 Å². The Morgan fingerprint density at radius 1 is 1.10 bits per heavy atom. The number of imide groups is 1. The van der Waals surface area contributed by atoms with Crippen LogP contribution in [0.15, 0.2) is 18.2 Å². The summed E-state index contributed by atoms with van der Waals surface area (Å²) in [5.74, 6) is -1.10. The molecule has 0 saturated carbocycles. The van der Waals surface area contributed by atoms with E-state index >= 15 is 0 Å². The van der Waals surface area contributed by atoms with E-state index in [2.05, 4.69) is 0 Å². The third-order valence-corrected chi connectivity index (χ3v) is 7.66. The van der Waals surface area contributed by atoms with Crippen molar-refractivity contribution in [1.82, 2.24) is 4.90 Å². The largest absolute Gasteiger partial charge is 0.503 e. The van der Waals surface area contributed by atoms with Crippen LogP contribution in [0.1, 0.15) is 11.1 Å². The van der Waals surface area contributed by atoms with E-state index in [-0.39, 0.29) is 11.4 Å². The first kappa shape index (κ1) is 21.5. The van der Waals surface area contributed by atoms with E-state index in [0.29, 0.717) is 6.07 Å². The van der Waals surface area contributed by atoms with Crippen LogP contribution in [-0.2, 0) is 20.8 Å². The molecule has 4 rings (SSSR count). The fraction of sp³-hybridized carbons (Fsp3) is 0.438. The lowest BCUT2D eigenvalue weighted by Gasteiger charge is -2.33. The van der Waals surface area contributed by atoms with Gasteiger partial charge in [0.15, 0.2) is 6.04 Å². The fourth-order valence-corrected chi connectivity index (χ4v) is 5.95. The van der Waals surface area contributed by atoms with Crippen molar-refractivity contribution in [2.24, 2.45) is 0 Å². The molecule has 0 aromatic heterocycles. The number of nitriles is 1. The number of hydrogen-bond acceptors (Lipinski definition) is 6. The second-order valence-electron chi connectivity index (χ2n) is 7.36. The predicted molar refractivity (Wildman–Crippen MR) is 88.3 cm³/mol. The topological polar surface area (TPSA) is 98.5 Å². The molecule has 3 aliphatic heterocycles. The molecule has 8 nitrogen and oxygen atoms in total. The van der Waals surface area contributed by atoms with Gasteiger partial charge in [-0.1, -0.05) is 0 Å². The van der Waals surface area contributed by atoms with E-state index < -0.39 is 79.4 Å². The van der Waals surface area contributed by atoms with E-state index in [0.717, 1.165) is 12.1 Å². The molecule has 3 heterocycles. The quantitative estimate of drug-likeness (QED) is 0.372. The molecule has 3 amide bonds. The van der Waals surface area contributed by atoms with Crippen molar-refractivity contribution in [3.63, 3.8) is 0 Å². The zero-order valence-electron chi connectivity index (χ0n) is 15.1. The summed E-state index contributed by atoms with van der Waals surface area (Å²) >= 11 is 0. The Labute approximate surface area is 170 Å². The number of rotatable bonds is 2. The van der Waals surface area contributed by atoms with Gasteiger partial charge in [0.25, 0.3) is 5.91 Å². The number of alkyl halides is 6. The Morgan fingerprint density at radius 2 is 1.74 bits per heavy atom. The number of carbonyl (C=O) groups excluding carboxylic acids is 2. The number of piperazine rings is 1. The summed E-state index contributed by atoms with van der Waals surface area (Å²) in [4.78, 5) is 27.5. The van der Waals surface area contributed by atoms with Crippen molar-refractivity contribution in [2.45, 2.75) is 23.1 Å². The number of anilines is 1. The molecule has 0 radical (unpaired) electrons. The first-order chi connectivity index (χ1) is 14.2. The van der Waals surface area contributed by atoms with Gasteiger partial charge in [-0.05, 0) is 18.2 Å². The Morgan fingerprint density at radius 3 is 2.29 bits per heavy atom. The average molecular weight is 469 g/mol. The van der Waals surface area contributed by atoms with Gasteiger partial charge >= 0.3 is 27.6 Å². The maximum Gasteiger partial charge on any atom is 0.503 e. The normalized spacial score (nSPS) is 30.6. The van der Waals surface area contributed by atoms with Crippen molar-refractivity contribution in [3.05, 3.63) is 29.3 Å². The minimum atomic E-state index is -5.87. The second-order valence-corrected chi connectivity index (χ2v) is 9.46. The zero-order chi connectivity index (χ0) is 23.1. The number of urea groups is 1. The van der Waals surface area contributed by atoms with Gasteiger partial charge in [0.05, 0.1) is 36.0 Å². The van der Waals surface area contributed by atoms with Crippen LogP contribution < -0.4 is 4.90 Å². The van der Waals surface area contributed by atoms with Gasteiger partial charge in [0, 0.05) is 0 Å². The summed E-state index contributed by atoms with van der Waals surface area (Å²) in [6, 6.07) is 0.442. The highest BCUT2D eigenvalue weighted by Gasteiger charge is 2.77.